The summed E-state index contributed by atoms with van der Waals surface area (Å²) < 4.78 is 1.37. The Morgan fingerprint density at radius 1 is 1.38 bits per heavy atom. The third-order valence-electron chi connectivity index (χ3n) is 2.96. The molecule has 0 fully saturated rings. The summed E-state index contributed by atoms with van der Waals surface area (Å²) in [5.74, 6) is 0. The van der Waals surface area contributed by atoms with Crippen LogP contribution < -0.4 is 5.56 Å². The molecule has 0 saturated heterocycles. The van der Waals surface area contributed by atoms with Gasteiger partial charge in [-0.25, -0.2) is 0 Å². The number of nitro groups is 1. The summed E-state index contributed by atoms with van der Waals surface area (Å²) in [7, 11) is 0. The topological polar surface area (TPSA) is 88.9 Å². The first-order chi connectivity index (χ1) is 10.1. The minimum absolute atomic E-state index is 0.0195. The average Bonchev–Trinajstić information content (AvgIpc) is 2.49. The lowest BCUT2D eigenvalue weighted by Gasteiger charge is -2.11. The second-order valence-electron chi connectivity index (χ2n) is 4.26. The average molecular weight is 281 g/mol. The maximum absolute atomic E-state index is 12.2. The molecular formula is C15H11N3O3. The van der Waals surface area contributed by atoms with Gasteiger partial charge in [0.05, 0.1) is 10.6 Å². The molecule has 6 nitrogen and oxygen atoms in total. The van der Waals surface area contributed by atoms with Crippen molar-refractivity contribution in [3.8, 4) is 17.3 Å². The summed E-state index contributed by atoms with van der Waals surface area (Å²) in [4.78, 5) is 22.5. The zero-order valence-electron chi connectivity index (χ0n) is 11.0. The summed E-state index contributed by atoms with van der Waals surface area (Å²) >= 11 is 0. The molecular weight excluding hydrogens is 270 g/mol. The SMILES string of the molecule is C=CCn1c(-c2cccc([N+](=O)[O-])c2)ccc(C#N)c1=O. The highest BCUT2D eigenvalue weighted by Gasteiger charge is 2.12. The van der Waals surface area contributed by atoms with E-state index in [1.54, 1.807) is 18.2 Å². The molecule has 0 saturated carbocycles. The maximum Gasteiger partial charge on any atom is 0.270 e. The number of non-ortho nitro benzene ring substituents is 1. The molecule has 0 spiro atoms. The van der Waals surface area contributed by atoms with Gasteiger partial charge in [0.1, 0.15) is 11.6 Å². The van der Waals surface area contributed by atoms with Crippen molar-refractivity contribution in [3.05, 3.63) is 75.1 Å². The van der Waals surface area contributed by atoms with Crippen molar-refractivity contribution in [2.45, 2.75) is 6.54 Å². The largest absolute Gasteiger partial charge is 0.303 e. The van der Waals surface area contributed by atoms with E-state index in [1.807, 2.05) is 6.07 Å². The summed E-state index contributed by atoms with van der Waals surface area (Å²) in [6, 6.07) is 10.8. The van der Waals surface area contributed by atoms with Gasteiger partial charge in [0.25, 0.3) is 11.2 Å². The van der Waals surface area contributed by atoms with E-state index in [9.17, 15) is 14.9 Å². The van der Waals surface area contributed by atoms with Gasteiger partial charge in [-0.15, -0.1) is 6.58 Å². The predicted octanol–water partition coefficient (Wildman–Crippen LogP) is 2.48. The van der Waals surface area contributed by atoms with Crippen LogP contribution in [0.15, 0.2) is 53.8 Å². The normalized spacial score (nSPS) is 9.86. The standard InChI is InChI=1S/C15H11N3O3/c1-2-8-17-14(7-6-12(10-16)15(17)19)11-4-3-5-13(9-11)18(20)21/h2-7,9H,1,8H2. The second-order valence-corrected chi connectivity index (χ2v) is 4.26. The molecule has 0 atom stereocenters. The van der Waals surface area contributed by atoms with Crippen molar-refractivity contribution in [3.63, 3.8) is 0 Å². The number of rotatable bonds is 4. The fourth-order valence-corrected chi connectivity index (χ4v) is 2.00. The number of pyridine rings is 1. The van der Waals surface area contributed by atoms with Gasteiger partial charge in [-0.05, 0) is 12.1 Å². The van der Waals surface area contributed by atoms with Crippen LogP contribution in [-0.4, -0.2) is 9.49 Å². The number of hydrogen-bond donors (Lipinski definition) is 0. The van der Waals surface area contributed by atoms with Crippen molar-refractivity contribution < 1.29 is 4.92 Å². The Balaban J connectivity index is 2.69. The van der Waals surface area contributed by atoms with E-state index in [1.165, 1.54) is 28.8 Å². The van der Waals surface area contributed by atoms with Crippen LogP contribution in [0.25, 0.3) is 11.3 Å². The first-order valence-electron chi connectivity index (χ1n) is 6.08. The maximum atomic E-state index is 12.2. The Morgan fingerprint density at radius 2 is 2.14 bits per heavy atom. The van der Waals surface area contributed by atoms with E-state index in [-0.39, 0.29) is 17.8 Å². The molecule has 21 heavy (non-hydrogen) atoms. The first-order valence-corrected chi connectivity index (χ1v) is 6.08. The third-order valence-corrected chi connectivity index (χ3v) is 2.96. The summed E-state index contributed by atoms with van der Waals surface area (Å²) in [5.41, 5.74) is 0.553. The zero-order chi connectivity index (χ0) is 15.4. The number of allylic oxidation sites excluding steroid dienone is 1. The van der Waals surface area contributed by atoms with Crippen LogP contribution in [0.3, 0.4) is 0 Å². The molecule has 1 aromatic carbocycles. The Labute approximate surface area is 120 Å². The van der Waals surface area contributed by atoms with Crippen LogP contribution >= 0.6 is 0 Å². The Kier molecular flexibility index (Phi) is 3.95. The van der Waals surface area contributed by atoms with Crippen molar-refractivity contribution in [2.24, 2.45) is 0 Å². The Morgan fingerprint density at radius 3 is 2.76 bits per heavy atom. The van der Waals surface area contributed by atoms with Crippen molar-refractivity contribution in [2.75, 3.05) is 0 Å². The van der Waals surface area contributed by atoms with Crippen molar-refractivity contribution >= 4 is 5.69 Å². The lowest BCUT2D eigenvalue weighted by atomic mass is 10.1. The molecule has 0 aliphatic rings. The predicted molar refractivity (Wildman–Crippen MR) is 77.7 cm³/mol. The molecule has 1 heterocycles. The summed E-state index contributed by atoms with van der Waals surface area (Å²) in [6.45, 7) is 3.80. The number of hydrogen-bond acceptors (Lipinski definition) is 4. The van der Waals surface area contributed by atoms with Crippen molar-refractivity contribution in [1.82, 2.24) is 4.57 Å². The quantitative estimate of drug-likeness (QED) is 0.489. The van der Waals surface area contributed by atoms with Gasteiger partial charge in [0.2, 0.25) is 0 Å². The Hall–Kier alpha value is -3.20. The minimum atomic E-state index is -0.497. The third kappa shape index (κ3) is 2.72. The zero-order valence-corrected chi connectivity index (χ0v) is 11.0. The van der Waals surface area contributed by atoms with Gasteiger partial charge < -0.3 is 4.57 Å². The molecule has 0 radical (unpaired) electrons. The molecule has 104 valence electrons. The number of nitro benzene ring substituents is 1. The van der Waals surface area contributed by atoms with Gasteiger partial charge in [-0.3, -0.25) is 14.9 Å². The summed E-state index contributed by atoms with van der Waals surface area (Å²) in [6.07, 6.45) is 1.53. The van der Waals surface area contributed by atoms with E-state index >= 15 is 0 Å². The van der Waals surface area contributed by atoms with Crippen LogP contribution in [0, 0.1) is 21.4 Å². The molecule has 1 aromatic heterocycles. The molecule has 0 N–H and O–H groups in total. The molecule has 2 rings (SSSR count). The number of benzene rings is 1. The minimum Gasteiger partial charge on any atom is -0.303 e. The fraction of sp³-hybridized carbons (Fsp3) is 0.0667. The van der Waals surface area contributed by atoms with Crippen LogP contribution in [0.5, 0.6) is 0 Å². The van der Waals surface area contributed by atoms with Gasteiger partial charge in [-0.2, -0.15) is 5.26 Å². The van der Waals surface area contributed by atoms with E-state index < -0.39 is 10.5 Å². The number of aromatic nitrogens is 1. The molecule has 0 aliphatic heterocycles. The van der Waals surface area contributed by atoms with Crippen molar-refractivity contribution in [1.29, 1.82) is 5.26 Å². The van der Waals surface area contributed by atoms with E-state index in [0.717, 1.165) is 0 Å². The first kappa shape index (κ1) is 14.2. The monoisotopic (exact) mass is 281 g/mol. The summed E-state index contributed by atoms with van der Waals surface area (Å²) in [5, 5.41) is 19.8. The number of nitrogens with zero attached hydrogens (tertiary/aromatic N) is 3. The lowest BCUT2D eigenvalue weighted by Crippen LogP contribution is -2.23. The highest BCUT2D eigenvalue weighted by atomic mass is 16.6. The molecule has 0 amide bonds. The van der Waals surface area contributed by atoms with Crippen LogP contribution in [0.2, 0.25) is 0 Å². The highest BCUT2D eigenvalue weighted by molar-refractivity contribution is 5.63. The van der Waals surface area contributed by atoms with E-state index in [4.69, 9.17) is 5.26 Å². The lowest BCUT2D eigenvalue weighted by molar-refractivity contribution is -0.384. The van der Waals surface area contributed by atoms with Gasteiger partial charge >= 0.3 is 0 Å². The molecule has 6 heteroatoms. The highest BCUT2D eigenvalue weighted by Crippen LogP contribution is 2.23. The van der Waals surface area contributed by atoms with Gasteiger partial charge in [0, 0.05) is 24.2 Å². The fourth-order valence-electron chi connectivity index (χ4n) is 2.00. The van der Waals surface area contributed by atoms with Crippen LogP contribution in [0.1, 0.15) is 5.56 Å². The van der Waals surface area contributed by atoms with E-state index in [2.05, 4.69) is 6.58 Å². The molecule has 0 unspecified atom stereocenters. The Bertz CT molecular complexity index is 816. The van der Waals surface area contributed by atoms with Gasteiger partial charge in [-0.1, -0.05) is 18.2 Å². The smallest absolute Gasteiger partial charge is 0.270 e. The van der Waals surface area contributed by atoms with Gasteiger partial charge in [0.15, 0.2) is 0 Å². The molecule has 0 aliphatic carbocycles. The number of nitriles is 1. The van der Waals surface area contributed by atoms with Crippen LogP contribution in [0.4, 0.5) is 5.69 Å². The molecule has 0 bridgehead atoms. The van der Waals surface area contributed by atoms with E-state index in [0.29, 0.717) is 11.3 Å². The second kappa shape index (κ2) is 5.84. The van der Waals surface area contributed by atoms with Crippen LogP contribution in [-0.2, 0) is 6.54 Å². The molecule has 2 aromatic rings.